The van der Waals surface area contributed by atoms with E-state index in [-0.39, 0.29) is 11.4 Å². The predicted molar refractivity (Wildman–Crippen MR) is 131 cm³/mol. The Morgan fingerprint density at radius 3 is 2.33 bits per heavy atom. The lowest BCUT2D eigenvalue weighted by Crippen LogP contribution is -2.36. The molecule has 174 valence electrons. The fourth-order valence-electron chi connectivity index (χ4n) is 3.65. The van der Waals surface area contributed by atoms with Gasteiger partial charge in [-0.2, -0.15) is 0 Å². The number of aryl methyl sites for hydroxylation is 3. The number of anilines is 1. The highest BCUT2D eigenvalue weighted by Crippen LogP contribution is 2.35. The van der Waals surface area contributed by atoms with E-state index in [0.717, 1.165) is 33.4 Å². The van der Waals surface area contributed by atoms with Crippen LogP contribution in [0.1, 0.15) is 36.1 Å². The highest BCUT2D eigenvalue weighted by molar-refractivity contribution is 8.18. The maximum Gasteiger partial charge on any atom is 0.294 e. The summed E-state index contributed by atoms with van der Waals surface area (Å²) < 4.78 is 11.2. The van der Waals surface area contributed by atoms with Crippen LogP contribution in [0, 0.1) is 20.8 Å². The molecule has 1 aliphatic heterocycles. The Hall–Kier alpha value is -3.26. The Bertz CT molecular complexity index is 1100. The van der Waals surface area contributed by atoms with Crippen LogP contribution in [0.25, 0.3) is 6.08 Å². The van der Waals surface area contributed by atoms with E-state index < -0.39 is 17.1 Å². The number of hydrogen-bond acceptors (Lipinski definition) is 6. The van der Waals surface area contributed by atoms with Crippen LogP contribution >= 0.6 is 11.8 Å². The minimum Gasteiger partial charge on any atom is -0.494 e. The molecule has 0 radical (unpaired) electrons. The first-order valence-corrected chi connectivity index (χ1v) is 11.6. The monoisotopic (exact) mass is 468 g/mol. The lowest BCUT2D eigenvalue weighted by molar-refractivity contribution is -0.127. The van der Waals surface area contributed by atoms with Crippen LogP contribution in [0.4, 0.5) is 10.5 Å². The number of nitrogens with one attached hydrogen (secondary N) is 1. The first kappa shape index (κ1) is 24.4. The third-order valence-electron chi connectivity index (χ3n) is 5.00. The molecule has 0 bridgehead atoms. The van der Waals surface area contributed by atoms with E-state index in [9.17, 15) is 14.4 Å². The Labute approximate surface area is 198 Å². The number of ether oxygens (including phenoxy) is 2. The van der Waals surface area contributed by atoms with Gasteiger partial charge in [0.15, 0.2) is 0 Å². The molecule has 0 unspecified atom stereocenters. The Morgan fingerprint density at radius 2 is 1.70 bits per heavy atom. The van der Waals surface area contributed by atoms with Gasteiger partial charge >= 0.3 is 0 Å². The first-order valence-electron chi connectivity index (χ1n) is 10.8. The van der Waals surface area contributed by atoms with E-state index >= 15 is 0 Å². The van der Waals surface area contributed by atoms with E-state index in [4.69, 9.17) is 9.47 Å². The molecule has 7 nitrogen and oxygen atoms in total. The Morgan fingerprint density at radius 1 is 1.03 bits per heavy atom. The predicted octanol–water partition coefficient (Wildman–Crippen LogP) is 5.08. The summed E-state index contributed by atoms with van der Waals surface area (Å²) in [5.74, 6) is 0.279. The summed E-state index contributed by atoms with van der Waals surface area (Å²) in [5.41, 5.74) is 4.30. The second kappa shape index (κ2) is 10.6. The molecule has 1 saturated heterocycles. The van der Waals surface area contributed by atoms with Gasteiger partial charge in [0.1, 0.15) is 18.0 Å². The fourth-order valence-corrected chi connectivity index (χ4v) is 4.48. The third kappa shape index (κ3) is 5.76. The maximum absolute atomic E-state index is 12.9. The number of imide groups is 1. The SMILES string of the molecule is CCOc1ccc(/C=C2/SC(=O)N(CC(=O)Nc3c(C)cc(C)cc3C)C2=O)c(OCC)c1. The lowest BCUT2D eigenvalue weighted by Gasteiger charge is -2.16. The number of thioether (sulfide) groups is 1. The first-order chi connectivity index (χ1) is 15.7. The van der Waals surface area contributed by atoms with Crippen LogP contribution < -0.4 is 14.8 Å². The highest BCUT2D eigenvalue weighted by atomic mass is 32.2. The fraction of sp³-hybridized carbons (Fsp3) is 0.320. The normalized spacial score (nSPS) is 14.7. The summed E-state index contributed by atoms with van der Waals surface area (Å²) in [6.07, 6.45) is 1.61. The summed E-state index contributed by atoms with van der Waals surface area (Å²) in [6, 6.07) is 9.25. The molecule has 0 saturated carbocycles. The van der Waals surface area contributed by atoms with Gasteiger partial charge in [0.2, 0.25) is 5.91 Å². The average molecular weight is 469 g/mol. The summed E-state index contributed by atoms with van der Waals surface area (Å²) in [5, 5.41) is 2.35. The molecule has 2 aromatic rings. The Kier molecular flexibility index (Phi) is 7.81. The molecule has 0 atom stereocenters. The Balaban J connectivity index is 1.77. The summed E-state index contributed by atoms with van der Waals surface area (Å²) >= 11 is 0.806. The van der Waals surface area contributed by atoms with E-state index in [2.05, 4.69) is 5.32 Å². The second-order valence-electron chi connectivity index (χ2n) is 7.66. The zero-order valence-corrected chi connectivity index (χ0v) is 20.3. The highest BCUT2D eigenvalue weighted by Gasteiger charge is 2.36. The molecule has 0 aliphatic carbocycles. The topological polar surface area (TPSA) is 84.9 Å². The van der Waals surface area contributed by atoms with Gasteiger partial charge in [-0.3, -0.25) is 19.3 Å². The number of amides is 3. The number of hydrogen-bond donors (Lipinski definition) is 1. The standard InChI is InChI=1S/C25H28N2O5S/c1-6-31-19-9-8-18(20(13-19)32-7-2)12-21-24(29)27(25(30)33-21)14-22(28)26-23-16(4)10-15(3)11-17(23)5/h8-13H,6-7,14H2,1-5H3,(H,26,28)/b21-12+. The van der Waals surface area contributed by atoms with Crippen molar-refractivity contribution in [3.05, 3.63) is 57.5 Å². The minimum absolute atomic E-state index is 0.237. The van der Waals surface area contributed by atoms with Crippen molar-refractivity contribution in [2.24, 2.45) is 0 Å². The minimum atomic E-state index is -0.506. The van der Waals surface area contributed by atoms with Gasteiger partial charge in [0.25, 0.3) is 11.1 Å². The molecule has 1 heterocycles. The zero-order valence-electron chi connectivity index (χ0n) is 19.5. The van der Waals surface area contributed by atoms with Gasteiger partial charge in [-0.1, -0.05) is 17.7 Å². The van der Waals surface area contributed by atoms with Gasteiger partial charge < -0.3 is 14.8 Å². The van der Waals surface area contributed by atoms with Crippen molar-refractivity contribution in [2.75, 3.05) is 25.1 Å². The number of benzene rings is 2. The van der Waals surface area contributed by atoms with Gasteiger partial charge in [-0.05, 0) is 75.7 Å². The van der Waals surface area contributed by atoms with Crippen LogP contribution in [0.5, 0.6) is 11.5 Å². The number of nitrogens with zero attached hydrogens (tertiary/aromatic N) is 1. The second-order valence-corrected chi connectivity index (χ2v) is 8.65. The molecular weight excluding hydrogens is 440 g/mol. The molecule has 3 amide bonds. The molecule has 1 N–H and O–H groups in total. The molecule has 3 rings (SSSR count). The van der Waals surface area contributed by atoms with Crippen LogP contribution in [0.2, 0.25) is 0 Å². The molecule has 0 aromatic heterocycles. The molecule has 8 heteroatoms. The number of rotatable bonds is 8. The van der Waals surface area contributed by atoms with E-state index in [1.165, 1.54) is 0 Å². The molecular formula is C25H28N2O5S. The zero-order chi connectivity index (χ0) is 24.1. The molecule has 2 aromatic carbocycles. The molecule has 1 aliphatic rings. The van der Waals surface area contributed by atoms with E-state index in [0.29, 0.717) is 36.0 Å². The lowest BCUT2D eigenvalue weighted by atomic mass is 10.1. The summed E-state index contributed by atoms with van der Waals surface area (Å²) in [4.78, 5) is 39.2. The van der Waals surface area contributed by atoms with Gasteiger partial charge in [-0.25, -0.2) is 0 Å². The molecule has 33 heavy (non-hydrogen) atoms. The van der Waals surface area contributed by atoms with Crippen molar-refractivity contribution in [1.29, 1.82) is 0 Å². The van der Waals surface area contributed by atoms with Crippen LogP contribution in [-0.4, -0.2) is 41.7 Å². The van der Waals surface area contributed by atoms with Crippen molar-refractivity contribution < 1.29 is 23.9 Å². The van der Waals surface area contributed by atoms with Crippen molar-refractivity contribution in [3.8, 4) is 11.5 Å². The number of carbonyl (C=O) groups is 3. The van der Waals surface area contributed by atoms with Crippen molar-refractivity contribution >= 4 is 40.6 Å². The average Bonchev–Trinajstić information content (AvgIpc) is 3.00. The third-order valence-corrected chi connectivity index (χ3v) is 5.91. The van der Waals surface area contributed by atoms with Gasteiger partial charge in [0, 0.05) is 17.3 Å². The van der Waals surface area contributed by atoms with Crippen LogP contribution in [-0.2, 0) is 9.59 Å². The molecule has 1 fully saturated rings. The van der Waals surface area contributed by atoms with Crippen molar-refractivity contribution in [2.45, 2.75) is 34.6 Å². The smallest absolute Gasteiger partial charge is 0.294 e. The quantitative estimate of drug-likeness (QED) is 0.544. The largest absolute Gasteiger partial charge is 0.494 e. The number of carbonyl (C=O) groups excluding carboxylic acids is 3. The summed E-state index contributed by atoms with van der Waals surface area (Å²) in [7, 11) is 0. The van der Waals surface area contributed by atoms with E-state index in [1.54, 1.807) is 24.3 Å². The van der Waals surface area contributed by atoms with Crippen molar-refractivity contribution in [1.82, 2.24) is 4.90 Å². The molecule has 0 spiro atoms. The van der Waals surface area contributed by atoms with Gasteiger partial charge in [0.05, 0.1) is 18.1 Å². The van der Waals surface area contributed by atoms with Crippen molar-refractivity contribution in [3.63, 3.8) is 0 Å². The maximum atomic E-state index is 12.9. The van der Waals surface area contributed by atoms with Gasteiger partial charge in [-0.15, -0.1) is 0 Å². The summed E-state index contributed by atoms with van der Waals surface area (Å²) in [6.45, 7) is 10.2. The van der Waals surface area contributed by atoms with Crippen LogP contribution in [0.3, 0.4) is 0 Å². The van der Waals surface area contributed by atoms with E-state index in [1.807, 2.05) is 46.8 Å². The van der Waals surface area contributed by atoms with Crippen LogP contribution in [0.15, 0.2) is 35.2 Å².